The monoisotopic (exact) mass is 464 g/mol. The summed E-state index contributed by atoms with van der Waals surface area (Å²) < 4.78 is 33.8. The van der Waals surface area contributed by atoms with Crippen molar-refractivity contribution in [2.45, 2.75) is 31.1 Å². The summed E-state index contributed by atoms with van der Waals surface area (Å²) in [5, 5.41) is 2.84. The fraction of sp³-hybridized carbons (Fsp3) is 0.269. The number of hydrogen-bond acceptors (Lipinski definition) is 4. The molecule has 0 aromatic heterocycles. The van der Waals surface area contributed by atoms with E-state index in [9.17, 15) is 13.2 Å². The number of anilines is 1. The SMILES string of the molecule is Cc1cc(S(=O)(=O)N2CCCc3ccccc32)ccc1OCC(=O)NCCc1ccccc1. The molecule has 1 aliphatic rings. The highest BCUT2D eigenvalue weighted by molar-refractivity contribution is 7.92. The smallest absolute Gasteiger partial charge is 0.264 e. The third kappa shape index (κ3) is 5.37. The third-order valence-electron chi connectivity index (χ3n) is 5.74. The number of benzene rings is 3. The second kappa shape index (κ2) is 10.1. The first kappa shape index (κ1) is 22.9. The molecule has 1 amide bonds. The minimum Gasteiger partial charge on any atom is -0.484 e. The third-order valence-corrected chi connectivity index (χ3v) is 7.55. The summed E-state index contributed by atoms with van der Waals surface area (Å²) in [4.78, 5) is 12.3. The molecule has 0 fully saturated rings. The molecule has 0 aliphatic carbocycles. The average molecular weight is 465 g/mol. The summed E-state index contributed by atoms with van der Waals surface area (Å²) in [6.07, 6.45) is 2.41. The molecule has 0 spiro atoms. The predicted molar refractivity (Wildman–Crippen MR) is 129 cm³/mol. The number of sulfonamides is 1. The molecular weight excluding hydrogens is 436 g/mol. The van der Waals surface area contributed by atoms with E-state index in [0.29, 0.717) is 24.4 Å². The van der Waals surface area contributed by atoms with Crippen molar-refractivity contribution in [2.24, 2.45) is 0 Å². The number of carbonyl (C=O) groups excluding carboxylic acids is 1. The second-order valence-electron chi connectivity index (χ2n) is 8.11. The van der Waals surface area contributed by atoms with Crippen molar-refractivity contribution in [3.8, 4) is 5.75 Å². The van der Waals surface area contributed by atoms with Crippen LogP contribution in [0.15, 0.2) is 77.7 Å². The van der Waals surface area contributed by atoms with Crippen molar-refractivity contribution in [3.05, 3.63) is 89.5 Å². The van der Waals surface area contributed by atoms with Crippen LogP contribution in [0.3, 0.4) is 0 Å². The molecule has 172 valence electrons. The second-order valence-corrected chi connectivity index (χ2v) is 9.97. The normalized spacial score (nSPS) is 13.3. The highest BCUT2D eigenvalue weighted by Crippen LogP contribution is 2.33. The molecule has 0 radical (unpaired) electrons. The minimum atomic E-state index is -3.69. The predicted octanol–water partition coefficient (Wildman–Crippen LogP) is 3.87. The molecule has 3 aromatic carbocycles. The largest absolute Gasteiger partial charge is 0.484 e. The van der Waals surface area contributed by atoms with Gasteiger partial charge in [0, 0.05) is 13.1 Å². The number of hydrogen-bond donors (Lipinski definition) is 1. The standard InChI is InChI=1S/C26H28N2O4S/c1-20-18-23(33(30,31)28-17-7-11-22-10-5-6-12-24(22)28)13-14-25(20)32-19-26(29)27-16-15-21-8-3-2-4-9-21/h2-6,8-10,12-14,18H,7,11,15-17,19H2,1H3,(H,27,29). The zero-order chi connectivity index (χ0) is 23.3. The van der Waals surface area contributed by atoms with Gasteiger partial charge in [-0.25, -0.2) is 8.42 Å². The molecule has 4 rings (SSSR count). The van der Waals surface area contributed by atoms with Gasteiger partial charge in [0.1, 0.15) is 5.75 Å². The van der Waals surface area contributed by atoms with E-state index in [0.717, 1.165) is 36.1 Å². The number of ether oxygens (including phenoxy) is 1. The number of nitrogens with zero attached hydrogens (tertiary/aromatic N) is 1. The van der Waals surface area contributed by atoms with Crippen LogP contribution in [0.4, 0.5) is 5.69 Å². The van der Waals surface area contributed by atoms with Crippen molar-refractivity contribution in [2.75, 3.05) is 24.0 Å². The molecule has 0 bridgehead atoms. The van der Waals surface area contributed by atoms with Crippen molar-refractivity contribution < 1.29 is 17.9 Å². The van der Waals surface area contributed by atoms with Crippen molar-refractivity contribution in [1.82, 2.24) is 5.32 Å². The molecule has 0 saturated heterocycles. The van der Waals surface area contributed by atoms with Gasteiger partial charge in [-0.2, -0.15) is 0 Å². The number of amides is 1. The Kier molecular flexibility index (Phi) is 6.99. The van der Waals surface area contributed by atoms with Crippen LogP contribution in [0.5, 0.6) is 5.75 Å². The first-order valence-electron chi connectivity index (χ1n) is 11.1. The van der Waals surface area contributed by atoms with Gasteiger partial charge in [0.15, 0.2) is 6.61 Å². The molecule has 0 unspecified atom stereocenters. The highest BCUT2D eigenvalue weighted by atomic mass is 32.2. The van der Waals surface area contributed by atoms with Gasteiger partial charge in [-0.3, -0.25) is 9.10 Å². The van der Waals surface area contributed by atoms with Crippen molar-refractivity contribution >= 4 is 21.6 Å². The maximum Gasteiger partial charge on any atom is 0.264 e. The summed E-state index contributed by atoms with van der Waals surface area (Å²) in [5.41, 5.74) is 3.61. The fourth-order valence-corrected chi connectivity index (χ4v) is 5.63. The number of fused-ring (bicyclic) bond motifs is 1. The van der Waals surface area contributed by atoms with Crippen LogP contribution in [0.25, 0.3) is 0 Å². The van der Waals surface area contributed by atoms with E-state index >= 15 is 0 Å². The lowest BCUT2D eigenvalue weighted by Crippen LogP contribution is -2.35. The van der Waals surface area contributed by atoms with Gasteiger partial charge in [-0.15, -0.1) is 0 Å². The molecule has 7 heteroatoms. The number of para-hydroxylation sites is 1. The Bertz CT molecular complexity index is 1230. The summed E-state index contributed by atoms with van der Waals surface area (Å²) in [6.45, 7) is 2.65. The van der Waals surface area contributed by atoms with E-state index in [2.05, 4.69) is 5.32 Å². The first-order valence-corrected chi connectivity index (χ1v) is 12.5. The fourth-order valence-electron chi connectivity index (χ4n) is 4.01. The first-order chi connectivity index (χ1) is 15.9. The van der Waals surface area contributed by atoms with Gasteiger partial charge < -0.3 is 10.1 Å². The summed E-state index contributed by atoms with van der Waals surface area (Å²) in [7, 11) is -3.69. The minimum absolute atomic E-state index is 0.124. The van der Waals surface area contributed by atoms with E-state index in [-0.39, 0.29) is 17.4 Å². The van der Waals surface area contributed by atoms with Gasteiger partial charge in [-0.05, 0) is 67.1 Å². The Morgan fingerprint density at radius 3 is 2.58 bits per heavy atom. The molecule has 0 atom stereocenters. The average Bonchev–Trinajstić information content (AvgIpc) is 2.83. The zero-order valence-corrected chi connectivity index (χ0v) is 19.5. The van der Waals surface area contributed by atoms with Gasteiger partial charge in [0.25, 0.3) is 15.9 Å². The number of aryl methyl sites for hydroxylation is 2. The highest BCUT2D eigenvalue weighted by Gasteiger charge is 2.29. The van der Waals surface area contributed by atoms with Gasteiger partial charge >= 0.3 is 0 Å². The summed E-state index contributed by atoms with van der Waals surface area (Å²) in [6, 6.07) is 22.3. The van der Waals surface area contributed by atoms with E-state index in [1.165, 1.54) is 4.31 Å². The van der Waals surface area contributed by atoms with Gasteiger partial charge in [0.05, 0.1) is 10.6 Å². The van der Waals surface area contributed by atoms with E-state index in [1.54, 1.807) is 25.1 Å². The Morgan fingerprint density at radius 2 is 1.79 bits per heavy atom. The van der Waals surface area contributed by atoms with Crippen LogP contribution in [-0.2, 0) is 27.7 Å². The Morgan fingerprint density at radius 1 is 1.03 bits per heavy atom. The summed E-state index contributed by atoms with van der Waals surface area (Å²) >= 11 is 0. The molecular formula is C26H28N2O4S. The number of nitrogens with one attached hydrogen (secondary N) is 1. The molecule has 1 aliphatic heterocycles. The van der Waals surface area contributed by atoms with Gasteiger partial charge in [0.2, 0.25) is 0 Å². The van der Waals surface area contributed by atoms with E-state index in [1.807, 2.05) is 54.6 Å². The van der Waals surface area contributed by atoms with Crippen LogP contribution in [0.2, 0.25) is 0 Å². The molecule has 6 nitrogen and oxygen atoms in total. The lowest BCUT2D eigenvalue weighted by atomic mass is 10.0. The van der Waals surface area contributed by atoms with Crippen LogP contribution < -0.4 is 14.4 Å². The van der Waals surface area contributed by atoms with E-state index in [4.69, 9.17) is 4.74 Å². The Balaban J connectivity index is 1.37. The van der Waals surface area contributed by atoms with Crippen LogP contribution in [0, 0.1) is 6.92 Å². The van der Waals surface area contributed by atoms with Crippen molar-refractivity contribution in [3.63, 3.8) is 0 Å². The quantitative estimate of drug-likeness (QED) is 0.549. The lowest BCUT2D eigenvalue weighted by molar-refractivity contribution is -0.123. The zero-order valence-electron chi connectivity index (χ0n) is 18.7. The van der Waals surface area contributed by atoms with E-state index < -0.39 is 10.0 Å². The topological polar surface area (TPSA) is 75.7 Å². The van der Waals surface area contributed by atoms with Gasteiger partial charge in [-0.1, -0.05) is 48.5 Å². The summed E-state index contributed by atoms with van der Waals surface area (Å²) in [5.74, 6) is 0.276. The maximum absolute atomic E-state index is 13.3. The molecule has 33 heavy (non-hydrogen) atoms. The Hall–Kier alpha value is -3.32. The number of carbonyl (C=O) groups is 1. The number of rotatable bonds is 8. The van der Waals surface area contributed by atoms with Crippen LogP contribution in [0.1, 0.15) is 23.1 Å². The maximum atomic E-state index is 13.3. The van der Waals surface area contributed by atoms with Crippen LogP contribution >= 0.6 is 0 Å². The molecule has 1 heterocycles. The molecule has 3 aromatic rings. The van der Waals surface area contributed by atoms with Crippen LogP contribution in [-0.4, -0.2) is 34.0 Å². The Labute approximate surface area is 195 Å². The van der Waals surface area contributed by atoms with Crippen molar-refractivity contribution in [1.29, 1.82) is 0 Å². The molecule has 1 N–H and O–H groups in total. The molecule has 0 saturated carbocycles. The lowest BCUT2D eigenvalue weighted by Gasteiger charge is -2.30.